The van der Waals surface area contributed by atoms with E-state index in [0.717, 1.165) is 11.1 Å². The molecule has 0 amide bonds. The Morgan fingerprint density at radius 3 is 2.75 bits per heavy atom. The van der Waals surface area contributed by atoms with E-state index in [-0.39, 0.29) is 0 Å². The first-order chi connectivity index (χ1) is 5.74. The number of halogens is 1. The molecule has 0 saturated heterocycles. The van der Waals surface area contributed by atoms with E-state index in [9.17, 15) is 4.39 Å². The van der Waals surface area contributed by atoms with Crippen LogP contribution < -0.4 is 5.73 Å². The first-order valence-electron chi connectivity index (χ1n) is 4.23. The Labute approximate surface area is 71.4 Å². The maximum Gasteiger partial charge on any atom is 0.136 e. The molecule has 0 aliphatic heterocycles. The highest BCUT2D eigenvalue weighted by Crippen LogP contribution is 2.49. The van der Waals surface area contributed by atoms with Crippen LogP contribution in [0.1, 0.15) is 24.0 Å². The Morgan fingerprint density at radius 1 is 1.42 bits per heavy atom. The van der Waals surface area contributed by atoms with Crippen LogP contribution in [0.15, 0.2) is 24.3 Å². The maximum atomic E-state index is 13.5. The van der Waals surface area contributed by atoms with E-state index in [4.69, 9.17) is 5.73 Å². The SMILES string of the molecule is NCc1cccc(C2(F)CC2)c1. The van der Waals surface area contributed by atoms with Gasteiger partial charge in [0.15, 0.2) is 0 Å². The lowest BCUT2D eigenvalue weighted by Gasteiger charge is -2.06. The van der Waals surface area contributed by atoms with Gasteiger partial charge in [-0.25, -0.2) is 4.39 Å². The van der Waals surface area contributed by atoms with Crippen molar-refractivity contribution in [2.24, 2.45) is 5.73 Å². The van der Waals surface area contributed by atoms with Crippen molar-refractivity contribution < 1.29 is 4.39 Å². The van der Waals surface area contributed by atoms with Crippen LogP contribution in [-0.2, 0) is 12.2 Å². The summed E-state index contributed by atoms with van der Waals surface area (Å²) in [6.07, 6.45) is 1.34. The molecule has 1 aliphatic rings. The van der Waals surface area contributed by atoms with Crippen molar-refractivity contribution in [1.82, 2.24) is 0 Å². The molecule has 2 heteroatoms. The summed E-state index contributed by atoms with van der Waals surface area (Å²) in [4.78, 5) is 0. The Hall–Kier alpha value is -0.890. The molecule has 1 aromatic carbocycles. The topological polar surface area (TPSA) is 26.0 Å². The summed E-state index contributed by atoms with van der Waals surface area (Å²) in [6.45, 7) is 0.490. The van der Waals surface area contributed by atoms with Crippen molar-refractivity contribution >= 4 is 0 Å². The van der Waals surface area contributed by atoms with E-state index in [0.29, 0.717) is 19.4 Å². The van der Waals surface area contributed by atoms with Gasteiger partial charge in [0.1, 0.15) is 5.67 Å². The Balaban J connectivity index is 2.32. The third kappa shape index (κ3) is 1.23. The van der Waals surface area contributed by atoms with Crippen molar-refractivity contribution in [3.63, 3.8) is 0 Å². The fraction of sp³-hybridized carbons (Fsp3) is 0.400. The van der Waals surface area contributed by atoms with E-state index < -0.39 is 5.67 Å². The van der Waals surface area contributed by atoms with E-state index in [1.165, 1.54) is 0 Å². The van der Waals surface area contributed by atoms with Gasteiger partial charge in [0.05, 0.1) is 0 Å². The zero-order valence-corrected chi connectivity index (χ0v) is 6.89. The van der Waals surface area contributed by atoms with Gasteiger partial charge in [-0.05, 0) is 24.0 Å². The minimum absolute atomic E-state index is 0.490. The standard InChI is InChI=1S/C10H12FN/c11-10(4-5-10)9-3-1-2-8(6-9)7-12/h1-3,6H,4-5,7,12H2. The number of rotatable bonds is 2. The first-order valence-corrected chi connectivity index (χ1v) is 4.23. The second-order valence-electron chi connectivity index (χ2n) is 3.37. The lowest BCUT2D eigenvalue weighted by atomic mass is 10.1. The summed E-state index contributed by atoms with van der Waals surface area (Å²) in [5.74, 6) is 0. The molecule has 1 aromatic rings. The zero-order chi connectivity index (χ0) is 8.60. The van der Waals surface area contributed by atoms with Gasteiger partial charge >= 0.3 is 0 Å². The number of nitrogens with two attached hydrogens (primary N) is 1. The van der Waals surface area contributed by atoms with Crippen LogP contribution >= 0.6 is 0 Å². The van der Waals surface area contributed by atoms with Crippen molar-refractivity contribution in [2.45, 2.75) is 25.1 Å². The highest BCUT2D eigenvalue weighted by atomic mass is 19.1. The molecule has 0 radical (unpaired) electrons. The smallest absolute Gasteiger partial charge is 0.136 e. The molecule has 1 nitrogen and oxygen atoms in total. The Kier molecular flexibility index (Phi) is 1.65. The summed E-state index contributed by atoms with van der Waals surface area (Å²) >= 11 is 0. The molecule has 2 rings (SSSR count). The normalized spacial score (nSPS) is 19.2. The van der Waals surface area contributed by atoms with Gasteiger partial charge in [0.2, 0.25) is 0 Å². The minimum atomic E-state index is -1.02. The van der Waals surface area contributed by atoms with E-state index in [1.54, 1.807) is 0 Å². The molecule has 1 saturated carbocycles. The average molecular weight is 165 g/mol. The largest absolute Gasteiger partial charge is 0.326 e. The Morgan fingerprint density at radius 2 is 2.17 bits per heavy atom. The lowest BCUT2D eigenvalue weighted by Crippen LogP contribution is -2.01. The lowest BCUT2D eigenvalue weighted by molar-refractivity contribution is 0.317. The van der Waals surface area contributed by atoms with Crippen LogP contribution in [-0.4, -0.2) is 0 Å². The zero-order valence-electron chi connectivity index (χ0n) is 6.89. The van der Waals surface area contributed by atoms with Crippen LogP contribution in [0.4, 0.5) is 4.39 Å². The number of hydrogen-bond acceptors (Lipinski definition) is 1. The molecule has 0 unspecified atom stereocenters. The number of alkyl halides is 1. The predicted octanol–water partition coefficient (Wildman–Crippen LogP) is 2.10. The molecule has 0 bridgehead atoms. The molecule has 0 atom stereocenters. The van der Waals surface area contributed by atoms with Gasteiger partial charge in [-0.15, -0.1) is 0 Å². The molecule has 0 spiro atoms. The van der Waals surface area contributed by atoms with Crippen molar-refractivity contribution in [1.29, 1.82) is 0 Å². The van der Waals surface area contributed by atoms with Crippen molar-refractivity contribution in [3.05, 3.63) is 35.4 Å². The summed E-state index contributed by atoms with van der Waals surface area (Å²) in [5.41, 5.74) is 6.24. The van der Waals surface area contributed by atoms with Gasteiger partial charge in [-0.3, -0.25) is 0 Å². The molecule has 0 heterocycles. The summed E-state index contributed by atoms with van der Waals surface area (Å²) < 4.78 is 13.5. The number of hydrogen-bond donors (Lipinski definition) is 1. The summed E-state index contributed by atoms with van der Waals surface area (Å²) in [5, 5.41) is 0. The molecular formula is C10H12FN. The predicted molar refractivity (Wildman–Crippen MR) is 46.4 cm³/mol. The second-order valence-corrected chi connectivity index (χ2v) is 3.37. The van der Waals surface area contributed by atoms with E-state index in [2.05, 4.69) is 0 Å². The average Bonchev–Trinajstić information content (AvgIpc) is 2.85. The van der Waals surface area contributed by atoms with Gasteiger partial charge in [0, 0.05) is 6.54 Å². The van der Waals surface area contributed by atoms with Crippen LogP contribution in [0.5, 0.6) is 0 Å². The molecular weight excluding hydrogens is 153 g/mol. The molecule has 12 heavy (non-hydrogen) atoms. The highest BCUT2D eigenvalue weighted by Gasteiger charge is 2.44. The van der Waals surface area contributed by atoms with Gasteiger partial charge in [0.25, 0.3) is 0 Å². The van der Waals surface area contributed by atoms with Crippen LogP contribution in [0.25, 0.3) is 0 Å². The fourth-order valence-electron chi connectivity index (χ4n) is 1.38. The van der Waals surface area contributed by atoms with Gasteiger partial charge < -0.3 is 5.73 Å². The molecule has 2 N–H and O–H groups in total. The quantitative estimate of drug-likeness (QED) is 0.713. The summed E-state index contributed by atoms with van der Waals surface area (Å²) in [7, 11) is 0. The van der Waals surface area contributed by atoms with Crippen LogP contribution in [0.2, 0.25) is 0 Å². The molecule has 64 valence electrons. The van der Waals surface area contributed by atoms with E-state index >= 15 is 0 Å². The van der Waals surface area contributed by atoms with Crippen LogP contribution in [0.3, 0.4) is 0 Å². The maximum absolute atomic E-state index is 13.5. The second kappa shape index (κ2) is 2.56. The Bertz CT molecular complexity index is 292. The molecule has 1 aliphatic carbocycles. The van der Waals surface area contributed by atoms with E-state index in [1.807, 2.05) is 24.3 Å². The fourth-order valence-corrected chi connectivity index (χ4v) is 1.38. The first kappa shape index (κ1) is 7.74. The minimum Gasteiger partial charge on any atom is -0.326 e. The van der Waals surface area contributed by atoms with Crippen molar-refractivity contribution in [2.75, 3.05) is 0 Å². The monoisotopic (exact) mass is 165 g/mol. The summed E-state index contributed by atoms with van der Waals surface area (Å²) in [6, 6.07) is 7.51. The molecule has 0 aromatic heterocycles. The highest BCUT2D eigenvalue weighted by molar-refractivity contribution is 5.31. The number of benzene rings is 1. The molecule has 1 fully saturated rings. The van der Waals surface area contributed by atoms with Gasteiger partial charge in [-0.2, -0.15) is 0 Å². The third-order valence-corrected chi connectivity index (χ3v) is 2.37. The third-order valence-electron chi connectivity index (χ3n) is 2.37. The van der Waals surface area contributed by atoms with Gasteiger partial charge in [-0.1, -0.05) is 24.3 Å². The van der Waals surface area contributed by atoms with Crippen molar-refractivity contribution in [3.8, 4) is 0 Å². The van der Waals surface area contributed by atoms with Crippen LogP contribution in [0, 0.1) is 0 Å².